The molecule has 0 aliphatic rings. The number of para-hydroxylation sites is 1. The van der Waals surface area contributed by atoms with Crippen LogP contribution in [-0.2, 0) is 20.7 Å². The van der Waals surface area contributed by atoms with Crippen molar-refractivity contribution in [2.75, 3.05) is 42.8 Å². The largest absolute Gasteiger partial charge is 0.465 e. The Hall–Kier alpha value is -4.45. The minimum Gasteiger partial charge on any atom is -0.465 e. The molecule has 1 aromatic heterocycles. The van der Waals surface area contributed by atoms with Crippen molar-refractivity contribution < 1.29 is 23.9 Å². The number of carbonyl (C=O) groups excluding carboxylic acids is 4. The minimum absolute atomic E-state index is 0.0391. The number of nitrogen functional groups attached to an aromatic ring is 1. The van der Waals surface area contributed by atoms with E-state index in [9.17, 15) is 19.2 Å². The molecule has 3 aromatic rings. The zero-order chi connectivity index (χ0) is 28.7. The highest BCUT2D eigenvalue weighted by Crippen LogP contribution is 2.35. The fourth-order valence-corrected chi connectivity index (χ4v) is 4.73. The number of hydrogen-bond acceptors (Lipinski definition) is 9. The molecule has 0 saturated heterocycles. The Labute approximate surface area is 230 Å². The Morgan fingerprint density at radius 2 is 1.72 bits per heavy atom. The van der Waals surface area contributed by atoms with Crippen molar-refractivity contribution in [1.29, 1.82) is 0 Å². The van der Waals surface area contributed by atoms with Crippen molar-refractivity contribution in [3.8, 4) is 0 Å². The number of benzene rings is 2. The number of rotatable bonds is 11. The molecule has 0 saturated carbocycles. The van der Waals surface area contributed by atoms with Gasteiger partial charge in [0.15, 0.2) is 5.69 Å². The van der Waals surface area contributed by atoms with E-state index >= 15 is 0 Å². The number of primary amides is 1. The van der Waals surface area contributed by atoms with Gasteiger partial charge in [-0.05, 0) is 54.2 Å². The van der Waals surface area contributed by atoms with Crippen LogP contribution < -0.4 is 26.6 Å². The molecule has 0 aliphatic heterocycles. The zero-order valence-electron chi connectivity index (χ0n) is 22.3. The minimum atomic E-state index is -1.21. The van der Waals surface area contributed by atoms with Crippen LogP contribution in [0, 0.1) is 0 Å². The summed E-state index contributed by atoms with van der Waals surface area (Å²) >= 11 is 0.725. The first kappa shape index (κ1) is 29.1. The molecule has 2 aromatic carbocycles. The van der Waals surface area contributed by atoms with Gasteiger partial charge in [0.1, 0.15) is 17.5 Å². The normalized spacial score (nSPS) is 11.4. The van der Waals surface area contributed by atoms with Crippen LogP contribution in [0.1, 0.15) is 51.2 Å². The number of amides is 3. The third-order valence-corrected chi connectivity index (χ3v) is 6.80. The van der Waals surface area contributed by atoms with Gasteiger partial charge in [-0.3, -0.25) is 24.1 Å². The van der Waals surface area contributed by atoms with Crippen LogP contribution in [0.5, 0.6) is 0 Å². The topological polar surface area (TPSA) is 161 Å². The van der Waals surface area contributed by atoms with Crippen LogP contribution in [0.3, 0.4) is 0 Å². The van der Waals surface area contributed by atoms with E-state index in [-0.39, 0.29) is 29.4 Å². The molecule has 0 radical (unpaired) electrons. The summed E-state index contributed by atoms with van der Waals surface area (Å²) in [6.07, 6.45) is 0.557. The second kappa shape index (κ2) is 12.9. The van der Waals surface area contributed by atoms with Gasteiger partial charge in [-0.1, -0.05) is 37.3 Å². The van der Waals surface area contributed by atoms with Crippen molar-refractivity contribution in [2.45, 2.75) is 26.3 Å². The molecule has 0 bridgehead atoms. The van der Waals surface area contributed by atoms with E-state index in [1.807, 2.05) is 50.2 Å². The second-order valence-electron chi connectivity index (χ2n) is 8.71. The molecule has 1 atom stereocenters. The van der Waals surface area contributed by atoms with E-state index < -0.39 is 29.7 Å². The van der Waals surface area contributed by atoms with E-state index in [0.717, 1.165) is 22.8 Å². The number of nitrogens with one attached hydrogen (secondary N) is 1. The maximum Gasteiger partial charge on any atom is 0.325 e. The van der Waals surface area contributed by atoms with Crippen LogP contribution >= 0.6 is 11.5 Å². The summed E-state index contributed by atoms with van der Waals surface area (Å²) in [5.74, 6) is -2.74. The van der Waals surface area contributed by atoms with Gasteiger partial charge in [0.25, 0.3) is 11.8 Å². The van der Waals surface area contributed by atoms with Crippen molar-refractivity contribution in [1.82, 2.24) is 9.69 Å². The van der Waals surface area contributed by atoms with E-state index in [4.69, 9.17) is 16.2 Å². The molecule has 0 aliphatic carbocycles. The van der Waals surface area contributed by atoms with E-state index in [0.29, 0.717) is 17.7 Å². The first-order valence-corrected chi connectivity index (χ1v) is 13.0. The summed E-state index contributed by atoms with van der Waals surface area (Å²) in [7, 11) is 3.77. The van der Waals surface area contributed by atoms with Gasteiger partial charge in [0, 0.05) is 25.5 Å². The van der Waals surface area contributed by atoms with Gasteiger partial charge in [-0.2, -0.15) is 4.37 Å². The fraction of sp³-hybridized carbons (Fsp3) is 0.296. The molecule has 12 heteroatoms. The molecule has 0 spiro atoms. The Bertz CT molecular complexity index is 1350. The van der Waals surface area contributed by atoms with Crippen LogP contribution in [0.25, 0.3) is 0 Å². The highest BCUT2D eigenvalue weighted by molar-refractivity contribution is 7.09. The van der Waals surface area contributed by atoms with Crippen molar-refractivity contribution >= 4 is 52.3 Å². The summed E-state index contributed by atoms with van der Waals surface area (Å²) < 4.78 is 8.92. The maximum atomic E-state index is 14.2. The molecule has 1 heterocycles. The first-order chi connectivity index (χ1) is 18.6. The standard InChI is InChI=1S/C27H32N6O5S/c1-5-16-9-7-8-10-19(16)33(27(37)24-21(28)22(25(29)35)31-39-24)23(26(36)30-15-20(34)38-6-2)17-11-13-18(14-12-17)32(3)4/h7-14,23H,5-6,15,28H2,1-4H3,(H2,29,35)(H,30,36). The van der Waals surface area contributed by atoms with Gasteiger partial charge in [0.05, 0.1) is 12.3 Å². The van der Waals surface area contributed by atoms with Gasteiger partial charge in [0.2, 0.25) is 5.91 Å². The monoisotopic (exact) mass is 552 g/mol. The summed E-state index contributed by atoms with van der Waals surface area (Å²) in [4.78, 5) is 55.0. The average Bonchev–Trinajstić information content (AvgIpc) is 3.31. The number of anilines is 3. The average molecular weight is 553 g/mol. The molecule has 11 nitrogen and oxygen atoms in total. The summed E-state index contributed by atoms with van der Waals surface area (Å²) in [6.45, 7) is 3.36. The van der Waals surface area contributed by atoms with E-state index in [1.165, 1.54) is 4.90 Å². The number of hydrogen-bond donors (Lipinski definition) is 3. The lowest BCUT2D eigenvalue weighted by atomic mass is 10.00. The van der Waals surface area contributed by atoms with Crippen LogP contribution in [-0.4, -0.2) is 55.3 Å². The van der Waals surface area contributed by atoms with Crippen LogP contribution in [0.4, 0.5) is 17.1 Å². The molecule has 3 amide bonds. The number of carbonyl (C=O) groups is 4. The number of aryl methyl sites for hydroxylation is 1. The van der Waals surface area contributed by atoms with Crippen molar-refractivity contribution in [3.05, 3.63) is 70.2 Å². The van der Waals surface area contributed by atoms with E-state index in [2.05, 4.69) is 9.69 Å². The number of nitrogens with two attached hydrogens (primary N) is 2. The molecule has 39 heavy (non-hydrogen) atoms. The highest BCUT2D eigenvalue weighted by Gasteiger charge is 2.37. The predicted molar refractivity (Wildman–Crippen MR) is 151 cm³/mol. The quantitative estimate of drug-likeness (QED) is 0.306. The summed E-state index contributed by atoms with van der Waals surface area (Å²) in [5.41, 5.74) is 13.7. The van der Waals surface area contributed by atoms with E-state index in [1.54, 1.807) is 31.2 Å². The Balaban J connectivity index is 2.21. The lowest BCUT2D eigenvalue weighted by Gasteiger charge is -2.32. The summed E-state index contributed by atoms with van der Waals surface area (Å²) in [5, 5.41) is 2.60. The first-order valence-electron chi connectivity index (χ1n) is 12.3. The second-order valence-corrected chi connectivity index (χ2v) is 9.48. The Kier molecular flexibility index (Phi) is 9.61. The van der Waals surface area contributed by atoms with Gasteiger partial charge in [-0.15, -0.1) is 0 Å². The van der Waals surface area contributed by atoms with Gasteiger partial charge in [-0.25, -0.2) is 0 Å². The SMILES string of the molecule is CCOC(=O)CNC(=O)C(c1ccc(N(C)C)cc1)N(C(=O)c1snc(C(N)=O)c1N)c1ccccc1CC. The number of nitrogens with zero attached hydrogens (tertiary/aromatic N) is 3. The number of esters is 1. The molecule has 206 valence electrons. The molecule has 1 unspecified atom stereocenters. The predicted octanol–water partition coefficient (Wildman–Crippen LogP) is 2.52. The third-order valence-electron chi connectivity index (χ3n) is 5.95. The highest BCUT2D eigenvalue weighted by atomic mass is 32.1. The van der Waals surface area contributed by atoms with Crippen molar-refractivity contribution in [2.24, 2.45) is 5.73 Å². The molecule has 0 fully saturated rings. The van der Waals surface area contributed by atoms with Crippen molar-refractivity contribution in [3.63, 3.8) is 0 Å². The van der Waals surface area contributed by atoms with Gasteiger partial charge < -0.3 is 26.4 Å². The smallest absolute Gasteiger partial charge is 0.325 e. The lowest BCUT2D eigenvalue weighted by Crippen LogP contribution is -2.45. The maximum absolute atomic E-state index is 14.2. The molecular formula is C27H32N6O5S. The third kappa shape index (κ3) is 6.52. The van der Waals surface area contributed by atoms with Crippen LogP contribution in [0.15, 0.2) is 48.5 Å². The summed E-state index contributed by atoms with van der Waals surface area (Å²) in [6, 6.07) is 13.1. The lowest BCUT2D eigenvalue weighted by molar-refractivity contribution is -0.143. The molecule has 3 rings (SSSR count). The van der Waals surface area contributed by atoms with Gasteiger partial charge >= 0.3 is 5.97 Å². The number of aromatic nitrogens is 1. The Morgan fingerprint density at radius 3 is 2.28 bits per heavy atom. The molecule has 5 N–H and O–H groups in total. The fourth-order valence-electron chi connectivity index (χ4n) is 3.99. The molecular weight excluding hydrogens is 520 g/mol. The van der Waals surface area contributed by atoms with Crippen LogP contribution in [0.2, 0.25) is 0 Å². The number of ether oxygens (including phenoxy) is 1. The zero-order valence-corrected chi connectivity index (χ0v) is 23.1. The Morgan fingerprint density at radius 1 is 1.05 bits per heavy atom.